The molecular weight excluding hydrogens is 450 g/mol. The largest absolute Gasteiger partial charge is 0.354 e. The molecule has 1 aromatic carbocycles. The number of ketones is 1. The van der Waals surface area contributed by atoms with Crippen LogP contribution in [0.25, 0.3) is 11.3 Å². The van der Waals surface area contributed by atoms with Gasteiger partial charge in [0.1, 0.15) is 11.6 Å². The molecule has 1 atom stereocenters. The average Bonchev–Trinajstić information content (AvgIpc) is 3.37. The number of Topliss-reactive ketones (excluding diaryl/α,β-unsaturated/α-hetero) is 1. The first-order chi connectivity index (χ1) is 17.7. The Morgan fingerprint density at radius 3 is 2.58 bits per heavy atom. The summed E-state index contributed by atoms with van der Waals surface area (Å²) >= 11 is 0. The van der Waals surface area contributed by atoms with E-state index in [1.807, 2.05) is 18.3 Å². The van der Waals surface area contributed by atoms with Crippen LogP contribution in [-0.2, 0) is 11.3 Å². The van der Waals surface area contributed by atoms with Crippen LogP contribution in [0, 0.1) is 0 Å². The van der Waals surface area contributed by atoms with Crippen molar-refractivity contribution in [2.24, 2.45) is 0 Å². The van der Waals surface area contributed by atoms with Crippen molar-refractivity contribution in [3.63, 3.8) is 0 Å². The molecule has 186 valence electrons. The minimum Gasteiger partial charge on any atom is -0.354 e. The SMILES string of the molecule is O=C1CCC2CCCN2c2ccc(cn2)-c2ccnc(n2)Nc2cccc(c2)CN2CCN(CC2)C1. The van der Waals surface area contributed by atoms with Crippen molar-refractivity contribution in [2.75, 3.05) is 49.5 Å². The molecule has 8 heterocycles. The lowest BCUT2D eigenvalue weighted by molar-refractivity contribution is -0.120. The number of anilines is 3. The van der Waals surface area contributed by atoms with Crippen molar-refractivity contribution in [3.05, 3.63) is 60.4 Å². The van der Waals surface area contributed by atoms with E-state index < -0.39 is 0 Å². The van der Waals surface area contributed by atoms with Crippen LogP contribution in [0.15, 0.2) is 54.9 Å². The molecule has 8 heteroatoms. The van der Waals surface area contributed by atoms with Crippen LogP contribution >= 0.6 is 0 Å². The van der Waals surface area contributed by atoms with Gasteiger partial charge in [0.05, 0.1) is 12.2 Å². The quantitative estimate of drug-likeness (QED) is 0.518. The van der Waals surface area contributed by atoms with Gasteiger partial charge in [-0.3, -0.25) is 14.6 Å². The van der Waals surface area contributed by atoms with Gasteiger partial charge in [0, 0.05) is 75.4 Å². The molecular formula is C28H33N7O. The average molecular weight is 484 g/mol. The summed E-state index contributed by atoms with van der Waals surface area (Å²) in [5, 5.41) is 3.37. The number of pyridine rings is 1. The highest BCUT2D eigenvalue weighted by molar-refractivity contribution is 5.80. The first-order valence-corrected chi connectivity index (χ1v) is 13.1. The first-order valence-electron chi connectivity index (χ1n) is 13.1. The van der Waals surface area contributed by atoms with Crippen LogP contribution in [0.5, 0.6) is 0 Å². The minimum absolute atomic E-state index is 0.360. The highest BCUT2D eigenvalue weighted by Gasteiger charge is 2.27. The smallest absolute Gasteiger partial charge is 0.227 e. The van der Waals surface area contributed by atoms with Crippen LogP contribution in [0.4, 0.5) is 17.5 Å². The second kappa shape index (κ2) is 10.3. The fourth-order valence-electron chi connectivity index (χ4n) is 5.62. The van der Waals surface area contributed by atoms with Gasteiger partial charge in [-0.25, -0.2) is 15.0 Å². The Hall–Kier alpha value is -3.36. The highest BCUT2D eigenvalue weighted by Crippen LogP contribution is 2.28. The number of nitrogens with one attached hydrogen (secondary N) is 1. The van der Waals surface area contributed by atoms with Crippen molar-refractivity contribution in [1.82, 2.24) is 24.8 Å². The van der Waals surface area contributed by atoms with Crippen LogP contribution in [0.1, 0.15) is 31.2 Å². The van der Waals surface area contributed by atoms with E-state index in [9.17, 15) is 4.79 Å². The number of carbonyl (C=O) groups excluding carboxylic acids is 1. The molecule has 0 spiro atoms. The van der Waals surface area contributed by atoms with Crippen molar-refractivity contribution >= 4 is 23.2 Å². The maximum Gasteiger partial charge on any atom is 0.227 e. The fraction of sp³-hybridized carbons (Fsp3) is 0.429. The number of hydrogen-bond acceptors (Lipinski definition) is 8. The Bertz CT molecular complexity index is 1210. The van der Waals surface area contributed by atoms with Crippen molar-refractivity contribution in [1.29, 1.82) is 0 Å². The highest BCUT2D eigenvalue weighted by atomic mass is 16.1. The molecule has 3 aromatic rings. The van der Waals surface area contributed by atoms with E-state index in [-0.39, 0.29) is 0 Å². The second-order valence-corrected chi connectivity index (χ2v) is 10.1. The molecule has 0 radical (unpaired) electrons. The molecule has 8 nitrogen and oxygen atoms in total. The Labute approximate surface area is 212 Å². The van der Waals surface area contributed by atoms with Crippen molar-refractivity contribution in [3.8, 4) is 11.3 Å². The van der Waals surface area contributed by atoms with E-state index in [1.165, 1.54) is 5.56 Å². The van der Waals surface area contributed by atoms with Gasteiger partial charge in [0.25, 0.3) is 0 Å². The van der Waals surface area contributed by atoms with Gasteiger partial charge >= 0.3 is 0 Å². The number of carbonyl (C=O) groups is 1. The molecule has 2 fully saturated rings. The summed E-state index contributed by atoms with van der Waals surface area (Å²) in [6.07, 6.45) is 7.49. The van der Waals surface area contributed by atoms with E-state index in [2.05, 4.69) is 55.3 Å². The summed E-state index contributed by atoms with van der Waals surface area (Å²) in [6.45, 7) is 6.31. The number of aromatic nitrogens is 3. The van der Waals surface area contributed by atoms with Crippen LogP contribution in [-0.4, -0.2) is 75.8 Å². The third kappa shape index (κ3) is 5.24. The van der Waals surface area contributed by atoms with Gasteiger partial charge < -0.3 is 10.2 Å². The third-order valence-electron chi connectivity index (χ3n) is 7.58. The van der Waals surface area contributed by atoms with Gasteiger partial charge in [-0.1, -0.05) is 12.1 Å². The molecule has 1 N–H and O–H groups in total. The molecule has 36 heavy (non-hydrogen) atoms. The Morgan fingerprint density at radius 2 is 1.75 bits per heavy atom. The summed E-state index contributed by atoms with van der Waals surface area (Å²) < 4.78 is 0. The fourth-order valence-corrected chi connectivity index (χ4v) is 5.62. The molecule has 0 aliphatic carbocycles. The second-order valence-electron chi connectivity index (χ2n) is 10.1. The van der Waals surface area contributed by atoms with Crippen LogP contribution < -0.4 is 10.2 Å². The number of rotatable bonds is 0. The van der Waals surface area contributed by atoms with E-state index >= 15 is 0 Å². The first kappa shape index (κ1) is 23.1. The predicted octanol–water partition coefficient (Wildman–Crippen LogP) is 3.73. The minimum atomic E-state index is 0.360. The molecule has 9 rings (SSSR count). The molecule has 6 aliphatic heterocycles. The zero-order chi connectivity index (χ0) is 24.3. The molecule has 8 bridgehead atoms. The zero-order valence-corrected chi connectivity index (χ0v) is 20.6. The molecule has 1 unspecified atom stereocenters. The van der Waals surface area contributed by atoms with Gasteiger partial charge in [0.15, 0.2) is 0 Å². The topological polar surface area (TPSA) is 77.5 Å². The third-order valence-corrected chi connectivity index (χ3v) is 7.58. The summed E-state index contributed by atoms with van der Waals surface area (Å²) in [6, 6.07) is 14.9. The van der Waals surface area contributed by atoms with E-state index in [1.54, 1.807) is 6.20 Å². The number of benzene rings is 1. The molecule has 0 saturated carbocycles. The maximum absolute atomic E-state index is 12.8. The van der Waals surface area contributed by atoms with E-state index in [0.29, 0.717) is 30.7 Å². The van der Waals surface area contributed by atoms with E-state index in [4.69, 9.17) is 9.97 Å². The standard InChI is InChI=1S/C28H33N7O/c36-25-8-7-24-5-2-12-35(24)27-9-6-22(18-30-27)26-10-11-29-28(32-26)31-23-4-1-3-21(17-23)19-33-13-15-34(20-25)16-14-33/h1,3-4,6,9-11,17-18,24H,2,5,7-8,12-16,19-20H2,(H,29,31,32). The summed E-state index contributed by atoms with van der Waals surface area (Å²) in [5.74, 6) is 1.92. The molecule has 6 aliphatic rings. The molecule has 2 aromatic heterocycles. The number of hydrogen-bond donors (Lipinski definition) is 1. The Balaban J connectivity index is 1.28. The lowest BCUT2D eigenvalue weighted by atomic mass is 10.1. The van der Waals surface area contributed by atoms with Gasteiger partial charge in [-0.05, 0) is 55.2 Å². The van der Waals surface area contributed by atoms with Crippen molar-refractivity contribution < 1.29 is 4.79 Å². The van der Waals surface area contributed by atoms with Crippen molar-refractivity contribution in [2.45, 2.75) is 38.3 Å². The predicted molar refractivity (Wildman–Crippen MR) is 141 cm³/mol. The van der Waals surface area contributed by atoms with E-state index in [0.717, 1.165) is 81.3 Å². The normalized spacial score (nSPS) is 24.5. The lowest BCUT2D eigenvalue weighted by Crippen LogP contribution is -2.47. The van der Waals surface area contributed by atoms with Crippen LogP contribution in [0.2, 0.25) is 0 Å². The Kier molecular flexibility index (Phi) is 6.61. The van der Waals surface area contributed by atoms with Gasteiger partial charge in [0.2, 0.25) is 5.95 Å². The van der Waals surface area contributed by atoms with Crippen LogP contribution in [0.3, 0.4) is 0 Å². The van der Waals surface area contributed by atoms with Gasteiger partial charge in [-0.2, -0.15) is 0 Å². The Morgan fingerprint density at radius 1 is 0.889 bits per heavy atom. The summed E-state index contributed by atoms with van der Waals surface area (Å²) in [4.78, 5) is 34.0. The number of piperazine rings is 1. The summed E-state index contributed by atoms with van der Waals surface area (Å²) in [5.41, 5.74) is 4.03. The monoisotopic (exact) mass is 483 g/mol. The zero-order valence-electron chi connectivity index (χ0n) is 20.6. The number of nitrogens with zero attached hydrogens (tertiary/aromatic N) is 6. The maximum atomic E-state index is 12.8. The van der Waals surface area contributed by atoms with Gasteiger partial charge in [-0.15, -0.1) is 0 Å². The lowest BCUT2D eigenvalue weighted by Gasteiger charge is -2.34. The summed E-state index contributed by atoms with van der Waals surface area (Å²) in [7, 11) is 0. The molecule has 2 saturated heterocycles. The molecule has 0 amide bonds.